The van der Waals surface area contributed by atoms with E-state index in [1.807, 2.05) is 42.8 Å². The Morgan fingerprint density at radius 1 is 1.10 bits per heavy atom. The SMILES string of the molecule is CC(C)c1cc(-c2n[nH]c(=O)n2-c2ccc3c(ccn3CCOC(=O)NC3C=CC=C4C(=O)N(C5CCC(=O)NC5=O)CC43)c2)c(O)cc1O. The second-order valence-corrected chi connectivity index (χ2v) is 12.9. The van der Waals surface area contributed by atoms with Crippen molar-refractivity contribution in [1.82, 2.24) is 34.9 Å². The highest BCUT2D eigenvalue weighted by Gasteiger charge is 2.46. The van der Waals surface area contributed by atoms with Crippen LogP contribution in [-0.2, 0) is 25.7 Å². The number of aromatic amines is 1. The number of H-pyrrole nitrogens is 1. The lowest BCUT2D eigenvalue weighted by molar-refractivity contribution is -0.142. The number of amides is 4. The molecule has 0 spiro atoms. The maximum Gasteiger partial charge on any atom is 0.407 e. The lowest BCUT2D eigenvalue weighted by atomic mass is 9.90. The molecule has 15 heteroatoms. The van der Waals surface area contributed by atoms with Crippen LogP contribution in [0.3, 0.4) is 0 Å². The van der Waals surface area contributed by atoms with Crippen molar-refractivity contribution in [3.05, 3.63) is 82.4 Å². The van der Waals surface area contributed by atoms with Gasteiger partial charge in [-0.05, 0) is 48.2 Å². The highest BCUT2D eigenvalue weighted by atomic mass is 16.5. The van der Waals surface area contributed by atoms with E-state index in [1.54, 1.807) is 30.4 Å². The van der Waals surface area contributed by atoms with E-state index < -0.39 is 29.8 Å². The number of benzene rings is 2. The number of aromatic nitrogens is 4. The lowest BCUT2D eigenvalue weighted by Crippen LogP contribution is -2.53. The number of nitrogens with one attached hydrogen (secondary N) is 3. The average Bonchev–Trinajstić information content (AvgIpc) is 3.76. The topological polar surface area (TPSA) is 201 Å². The number of imide groups is 1. The molecule has 3 unspecified atom stereocenters. The van der Waals surface area contributed by atoms with Gasteiger partial charge in [0.25, 0.3) is 5.91 Å². The van der Waals surface area contributed by atoms with Crippen LogP contribution in [0, 0.1) is 5.92 Å². The van der Waals surface area contributed by atoms with Gasteiger partial charge in [-0.1, -0.05) is 32.1 Å². The summed E-state index contributed by atoms with van der Waals surface area (Å²) in [5.74, 6) is -1.62. The number of ether oxygens (including phenoxy) is 1. The fraction of sp³-hybridized carbons (Fsp3) is 0.314. The molecule has 5 N–H and O–H groups in total. The summed E-state index contributed by atoms with van der Waals surface area (Å²) in [6.45, 7) is 4.42. The Morgan fingerprint density at radius 3 is 2.70 bits per heavy atom. The van der Waals surface area contributed by atoms with Crippen LogP contribution in [0.4, 0.5) is 4.79 Å². The second-order valence-electron chi connectivity index (χ2n) is 12.9. The van der Waals surface area contributed by atoms with Crippen molar-refractivity contribution in [2.45, 2.75) is 51.2 Å². The molecule has 2 fully saturated rings. The average molecular weight is 682 g/mol. The number of rotatable bonds is 8. The van der Waals surface area contributed by atoms with E-state index in [1.165, 1.54) is 15.5 Å². The molecule has 2 aromatic carbocycles. The van der Waals surface area contributed by atoms with Crippen LogP contribution in [0.5, 0.6) is 11.5 Å². The van der Waals surface area contributed by atoms with E-state index >= 15 is 0 Å². The summed E-state index contributed by atoms with van der Waals surface area (Å²) in [6.07, 6.45) is 6.75. The van der Waals surface area contributed by atoms with Gasteiger partial charge in [0.15, 0.2) is 5.82 Å². The fourth-order valence-electron chi connectivity index (χ4n) is 6.92. The molecule has 3 aliphatic rings. The predicted molar refractivity (Wildman–Crippen MR) is 179 cm³/mol. The molecule has 0 radical (unpaired) electrons. The minimum Gasteiger partial charge on any atom is -0.508 e. The summed E-state index contributed by atoms with van der Waals surface area (Å²) in [4.78, 5) is 64.3. The van der Waals surface area contributed by atoms with Crippen LogP contribution in [0.15, 0.2) is 71.2 Å². The van der Waals surface area contributed by atoms with Crippen LogP contribution < -0.4 is 16.3 Å². The zero-order valence-electron chi connectivity index (χ0n) is 27.3. The number of nitrogens with zero attached hydrogens (tertiary/aromatic N) is 4. The number of hydrogen-bond donors (Lipinski definition) is 5. The van der Waals surface area contributed by atoms with Crippen LogP contribution in [0.1, 0.15) is 38.2 Å². The molecule has 1 aliphatic carbocycles. The zero-order chi connectivity index (χ0) is 35.3. The number of hydrogen-bond acceptors (Lipinski definition) is 9. The van der Waals surface area contributed by atoms with Gasteiger partial charge in [0.1, 0.15) is 24.1 Å². The zero-order valence-corrected chi connectivity index (χ0v) is 27.3. The maximum absolute atomic E-state index is 13.1. The quantitative estimate of drug-likeness (QED) is 0.173. The number of phenols is 2. The third-order valence-corrected chi connectivity index (χ3v) is 9.46. The summed E-state index contributed by atoms with van der Waals surface area (Å²) >= 11 is 0. The molecule has 15 nitrogen and oxygen atoms in total. The van der Waals surface area contributed by atoms with Crippen molar-refractivity contribution in [3.8, 4) is 28.6 Å². The van der Waals surface area contributed by atoms with Crippen molar-refractivity contribution >= 4 is 34.7 Å². The second kappa shape index (κ2) is 12.7. The van der Waals surface area contributed by atoms with E-state index in [-0.39, 0.29) is 67.0 Å². The molecule has 0 bridgehead atoms. The van der Waals surface area contributed by atoms with Gasteiger partial charge in [0.2, 0.25) is 11.8 Å². The third-order valence-electron chi connectivity index (χ3n) is 9.46. The summed E-state index contributed by atoms with van der Waals surface area (Å²) < 4.78 is 8.75. The van der Waals surface area contributed by atoms with E-state index in [9.17, 15) is 34.2 Å². The van der Waals surface area contributed by atoms with Gasteiger partial charge in [-0.25, -0.2) is 19.3 Å². The summed E-state index contributed by atoms with van der Waals surface area (Å²) in [6, 6.07) is 8.86. The molecule has 2 aliphatic heterocycles. The van der Waals surface area contributed by atoms with Gasteiger partial charge in [-0.3, -0.25) is 19.7 Å². The molecular weight excluding hydrogens is 646 g/mol. The van der Waals surface area contributed by atoms with E-state index in [0.717, 1.165) is 10.9 Å². The van der Waals surface area contributed by atoms with Crippen LogP contribution in [-0.4, -0.2) is 83.5 Å². The van der Waals surface area contributed by atoms with Gasteiger partial charge in [-0.15, -0.1) is 0 Å². The number of likely N-dealkylation sites (tertiary alicyclic amines) is 1. The van der Waals surface area contributed by atoms with Gasteiger partial charge in [0, 0.05) is 47.6 Å². The van der Waals surface area contributed by atoms with Gasteiger partial charge in [0.05, 0.1) is 23.8 Å². The van der Waals surface area contributed by atoms with E-state index in [2.05, 4.69) is 20.8 Å². The van der Waals surface area contributed by atoms with E-state index in [0.29, 0.717) is 28.9 Å². The van der Waals surface area contributed by atoms with Crippen molar-refractivity contribution in [1.29, 1.82) is 0 Å². The monoisotopic (exact) mass is 681 g/mol. The van der Waals surface area contributed by atoms with Crippen molar-refractivity contribution in [2.24, 2.45) is 5.92 Å². The van der Waals surface area contributed by atoms with Crippen molar-refractivity contribution in [3.63, 3.8) is 0 Å². The van der Waals surface area contributed by atoms with Gasteiger partial charge < -0.3 is 29.7 Å². The Bertz CT molecular complexity index is 2170. The first kappa shape index (κ1) is 32.4. The number of phenolic OH excluding ortho intramolecular Hbond substituents is 2. The van der Waals surface area contributed by atoms with Gasteiger partial charge in [-0.2, -0.15) is 5.10 Å². The Balaban J connectivity index is 1.00. The first-order valence-electron chi connectivity index (χ1n) is 16.3. The largest absolute Gasteiger partial charge is 0.508 e. The number of alkyl carbamates (subject to hydrolysis) is 1. The Labute approximate surface area is 284 Å². The third kappa shape index (κ3) is 5.80. The molecule has 50 heavy (non-hydrogen) atoms. The molecule has 2 aromatic heterocycles. The standard InChI is InChI=1S/C35H35N7O8/c1-18(2)22-15-23(29(44)16-28(22)43)31-38-39-34(48)42(31)20-6-7-26-19(14-20)10-11-40(26)12-13-50-35(49)36-25-5-3-4-21-24(25)17-41(33(21)47)27-8-9-30(45)37-32(27)46/h3-7,10-11,14-16,18,24-25,27,43-44H,8-9,12-13,17H2,1-2H3,(H,36,49)(H,39,48)(H,37,45,46). The number of carbonyl (C=O) groups excluding carboxylic acids is 4. The lowest BCUT2D eigenvalue weighted by Gasteiger charge is -2.30. The molecule has 258 valence electrons. The Morgan fingerprint density at radius 2 is 1.92 bits per heavy atom. The maximum atomic E-state index is 13.1. The van der Waals surface area contributed by atoms with Crippen molar-refractivity contribution < 1.29 is 34.1 Å². The minimum atomic E-state index is -0.736. The highest BCUT2D eigenvalue weighted by Crippen LogP contribution is 2.38. The molecule has 4 amide bonds. The molecule has 2 saturated heterocycles. The van der Waals surface area contributed by atoms with E-state index in [4.69, 9.17) is 4.74 Å². The molecule has 4 aromatic rings. The molecule has 4 heterocycles. The summed E-state index contributed by atoms with van der Waals surface area (Å²) in [5.41, 5.74) is 2.22. The summed E-state index contributed by atoms with van der Waals surface area (Å²) in [7, 11) is 0. The van der Waals surface area contributed by atoms with Crippen LogP contribution in [0.25, 0.3) is 28.0 Å². The minimum absolute atomic E-state index is 0.0375. The number of carbonyl (C=O) groups is 4. The fourth-order valence-corrected chi connectivity index (χ4v) is 6.92. The predicted octanol–water partition coefficient (Wildman–Crippen LogP) is 2.57. The number of piperidine rings is 1. The molecule has 0 saturated carbocycles. The Hall–Kier alpha value is -6.12. The number of aromatic hydroxyl groups is 2. The molecule has 7 rings (SSSR count). The molecular formula is C35H35N7O8. The van der Waals surface area contributed by atoms with Crippen molar-refractivity contribution in [2.75, 3.05) is 13.2 Å². The smallest absolute Gasteiger partial charge is 0.407 e. The first-order valence-corrected chi connectivity index (χ1v) is 16.3. The Kier molecular flexibility index (Phi) is 8.25. The highest BCUT2D eigenvalue weighted by molar-refractivity contribution is 6.05. The number of allylic oxidation sites excluding steroid dienone is 2. The van der Waals surface area contributed by atoms with Gasteiger partial charge >= 0.3 is 11.8 Å². The summed E-state index contributed by atoms with van der Waals surface area (Å²) in [5, 5.41) is 33.5. The van der Waals surface area contributed by atoms with Crippen LogP contribution in [0.2, 0.25) is 0 Å². The number of fused-ring (bicyclic) bond motifs is 2. The van der Waals surface area contributed by atoms with Crippen LogP contribution >= 0.6 is 0 Å². The normalized spacial score (nSPS) is 20.3. The molecule has 3 atom stereocenters. The first-order chi connectivity index (χ1) is 24.0.